The van der Waals surface area contributed by atoms with Crippen molar-refractivity contribution in [1.29, 1.82) is 0 Å². The highest BCUT2D eigenvalue weighted by Crippen LogP contribution is 2.77. The molecule has 236 valence electrons. The van der Waals surface area contributed by atoms with Crippen LogP contribution in [0.25, 0.3) is 5.57 Å². The standard InChI is InChI=1S/C38H52N4O2/c1-23(2)26-15-20-38(33-39-41-42-40-33)22-21-36(6)28(31(26)38)13-14-30-35(5)18-16-27(24-9-11-25(12-10-24)32(43)44-8)34(3,4)29(35)17-19-37(30,36)7/h9-12,16,26,28-31H,1,13-15,17-22H2,2-8H3,(H,39,40,41,42)/t26-,28+,29-,30+,31+,35-,36+,37+,38-/m0/s1. The largest absolute Gasteiger partial charge is 0.465 e. The molecule has 9 atom stereocenters. The summed E-state index contributed by atoms with van der Waals surface area (Å²) in [6.07, 6.45) is 13.6. The number of aromatic nitrogens is 4. The van der Waals surface area contributed by atoms with E-state index in [1.165, 1.54) is 62.3 Å². The Morgan fingerprint density at radius 2 is 1.68 bits per heavy atom. The van der Waals surface area contributed by atoms with Gasteiger partial charge in [0.1, 0.15) is 0 Å². The van der Waals surface area contributed by atoms with Gasteiger partial charge in [-0.1, -0.05) is 70.2 Å². The molecule has 6 nitrogen and oxygen atoms in total. The molecule has 1 N–H and O–H groups in total. The van der Waals surface area contributed by atoms with Crippen LogP contribution in [-0.2, 0) is 10.2 Å². The van der Waals surface area contributed by atoms with Crippen LogP contribution in [0.15, 0.2) is 42.5 Å². The van der Waals surface area contributed by atoms with Crippen LogP contribution >= 0.6 is 0 Å². The fourth-order valence-corrected chi connectivity index (χ4v) is 12.9. The van der Waals surface area contributed by atoms with Crippen molar-refractivity contribution in [3.05, 3.63) is 59.4 Å². The molecule has 0 radical (unpaired) electrons. The number of benzene rings is 1. The molecule has 0 unspecified atom stereocenters. The first-order valence-electron chi connectivity index (χ1n) is 17.1. The lowest BCUT2D eigenvalue weighted by atomic mass is 9.32. The van der Waals surface area contributed by atoms with Crippen LogP contribution in [0.1, 0.15) is 121 Å². The average Bonchev–Trinajstić information content (AvgIpc) is 3.67. The number of methoxy groups -OCH3 is 1. The number of tetrazole rings is 1. The van der Waals surface area contributed by atoms with Gasteiger partial charge in [-0.2, -0.15) is 5.21 Å². The maximum Gasteiger partial charge on any atom is 0.337 e. The molecular weight excluding hydrogens is 544 g/mol. The number of hydrogen-bond donors (Lipinski definition) is 1. The van der Waals surface area contributed by atoms with E-state index in [9.17, 15) is 4.79 Å². The highest BCUT2D eigenvalue weighted by molar-refractivity contribution is 5.89. The number of H-pyrrole nitrogens is 1. The van der Waals surface area contributed by atoms with Gasteiger partial charge in [0.25, 0.3) is 0 Å². The molecule has 0 saturated heterocycles. The molecule has 2 aromatic rings. The van der Waals surface area contributed by atoms with E-state index < -0.39 is 0 Å². The van der Waals surface area contributed by atoms with Crippen LogP contribution in [0.2, 0.25) is 0 Å². The number of carbonyl (C=O) groups excluding carboxylic acids is 1. The summed E-state index contributed by atoms with van der Waals surface area (Å²) in [7, 11) is 1.44. The second-order valence-electron chi connectivity index (χ2n) is 16.7. The second-order valence-corrected chi connectivity index (χ2v) is 16.7. The van der Waals surface area contributed by atoms with E-state index >= 15 is 0 Å². The first-order valence-corrected chi connectivity index (χ1v) is 17.1. The summed E-state index contributed by atoms with van der Waals surface area (Å²) in [6.45, 7) is 19.8. The molecule has 1 aromatic carbocycles. The number of fused-ring (bicyclic) bond motifs is 7. The first-order chi connectivity index (χ1) is 20.8. The van der Waals surface area contributed by atoms with Gasteiger partial charge in [0.2, 0.25) is 0 Å². The van der Waals surface area contributed by atoms with Gasteiger partial charge >= 0.3 is 5.97 Å². The van der Waals surface area contributed by atoms with Crippen LogP contribution < -0.4 is 0 Å². The molecule has 44 heavy (non-hydrogen) atoms. The smallest absolute Gasteiger partial charge is 0.337 e. The molecule has 5 aliphatic carbocycles. The summed E-state index contributed by atoms with van der Waals surface area (Å²) in [6, 6.07) is 8.09. The van der Waals surface area contributed by atoms with Crippen LogP contribution in [0.5, 0.6) is 0 Å². The number of carbonyl (C=O) groups is 1. The molecule has 5 aliphatic rings. The number of hydrogen-bond acceptors (Lipinski definition) is 5. The Morgan fingerprint density at radius 3 is 2.34 bits per heavy atom. The van der Waals surface area contributed by atoms with Crippen molar-refractivity contribution in [3.8, 4) is 0 Å². The number of ether oxygens (including phenoxy) is 1. The van der Waals surface area contributed by atoms with Gasteiger partial charge in [-0.05, 0) is 139 Å². The summed E-state index contributed by atoms with van der Waals surface area (Å²) in [5, 5.41) is 16.2. The molecule has 6 heteroatoms. The lowest BCUT2D eigenvalue weighted by Crippen LogP contribution is -2.65. The molecule has 0 bridgehead atoms. The number of nitrogens with zero attached hydrogens (tertiary/aromatic N) is 3. The van der Waals surface area contributed by atoms with E-state index in [2.05, 4.69) is 87.0 Å². The third kappa shape index (κ3) is 3.78. The number of aromatic amines is 1. The van der Waals surface area contributed by atoms with E-state index in [1.54, 1.807) is 0 Å². The molecule has 0 amide bonds. The van der Waals surface area contributed by atoms with Crippen molar-refractivity contribution in [2.75, 3.05) is 7.11 Å². The number of nitrogens with one attached hydrogen (secondary N) is 1. The molecule has 4 saturated carbocycles. The molecule has 0 aliphatic heterocycles. The monoisotopic (exact) mass is 596 g/mol. The summed E-state index contributed by atoms with van der Waals surface area (Å²) >= 11 is 0. The zero-order chi connectivity index (χ0) is 31.3. The first kappa shape index (κ1) is 29.9. The van der Waals surface area contributed by atoms with Gasteiger partial charge in [-0.25, -0.2) is 4.79 Å². The molecule has 4 fully saturated rings. The predicted molar refractivity (Wildman–Crippen MR) is 174 cm³/mol. The van der Waals surface area contributed by atoms with Crippen molar-refractivity contribution >= 4 is 11.5 Å². The Morgan fingerprint density at radius 1 is 0.932 bits per heavy atom. The molecule has 0 spiro atoms. The Labute approximate surface area is 263 Å². The van der Waals surface area contributed by atoms with Gasteiger partial charge in [0, 0.05) is 5.41 Å². The van der Waals surface area contributed by atoms with Gasteiger partial charge in [0.05, 0.1) is 12.7 Å². The van der Waals surface area contributed by atoms with Crippen molar-refractivity contribution in [2.45, 2.75) is 105 Å². The SMILES string of the molecule is C=C(C)[C@@H]1CC[C@]2(c3nn[nH]n3)CC[C@]3(C)[C@H](CC[C@@H]4[C@@]5(C)CC=C(c6ccc(C(=O)OC)cc6)C(C)(C)[C@@H]5CC[C@]43C)[C@@H]12. The lowest BCUT2D eigenvalue weighted by Gasteiger charge is -2.72. The summed E-state index contributed by atoms with van der Waals surface area (Å²) in [5.74, 6) is 3.72. The minimum atomic E-state index is -0.277. The zero-order valence-corrected chi connectivity index (χ0v) is 28.0. The lowest BCUT2D eigenvalue weighted by molar-refractivity contribution is -0.218. The van der Waals surface area contributed by atoms with E-state index in [-0.39, 0.29) is 33.0 Å². The van der Waals surface area contributed by atoms with Gasteiger partial charge < -0.3 is 4.74 Å². The fourth-order valence-electron chi connectivity index (χ4n) is 12.9. The number of esters is 1. The third-order valence-electron chi connectivity index (χ3n) is 15.1. The summed E-state index contributed by atoms with van der Waals surface area (Å²) in [5.41, 5.74) is 5.54. The summed E-state index contributed by atoms with van der Waals surface area (Å²) in [4.78, 5) is 12.1. The second kappa shape index (κ2) is 9.87. The van der Waals surface area contributed by atoms with Crippen molar-refractivity contribution < 1.29 is 9.53 Å². The van der Waals surface area contributed by atoms with Gasteiger partial charge in [0.15, 0.2) is 5.82 Å². The number of rotatable bonds is 4. The fraction of sp³-hybridized carbons (Fsp3) is 0.684. The van der Waals surface area contributed by atoms with Crippen molar-refractivity contribution in [2.24, 2.45) is 51.2 Å². The molecule has 1 aromatic heterocycles. The van der Waals surface area contributed by atoms with E-state index in [0.717, 1.165) is 25.1 Å². The predicted octanol–water partition coefficient (Wildman–Crippen LogP) is 8.59. The quantitative estimate of drug-likeness (QED) is 0.282. The van der Waals surface area contributed by atoms with E-state index in [0.29, 0.717) is 35.2 Å². The Balaban J connectivity index is 1.24. The highest BCUT2D eigenvalue weighted by atomic mass is 16.5. The topological polar surface area (TPSA) is 80.8 Å². The van der Waals surface area contributed by atoms with Crippen LogP contribution in [0, 0.1) is 51.2 Å². The maximum atomic E-state index is 12.1. The van der Waals surface area contributed by atoms with Gasteiger partial charge in [-0.15, -0.1) is 10.2 Å². The Hall–Kier alpha value is -2.76. The van der Waals surface area contributed by atoms with E-state index in [4.69, 9.17) is 4.74 Å². The highest BCUT2D eigenvalue weighted by Gasteiger charge is 2.71. The minimum absolute atomic E-state index is 0.0268. The molecule has 1 heterocycles. The van der Waals surface area contributed by atoms with Crippen LogP contribution in [0.4, 0.5) is 0 Å². The molecular formula is C38H52N4O2. The van der Waals surface area contributed by atoms with Crippen LogP contribution in [-0.4, -0.2) is 33.7 Å². The zero-order valence-electron chi connectivity index (χ0n) is 28.0. The minimum Gasteiger partial charge on any atom is -0.465 e. The average molecular weight is 597 g/mol. The van der Waals surface area contributed by atoms with Gasteiger partial charge in [-0.3, -0.25) is 0 Å². The van der Waals surface area contributed by atoms with Crippen molar-refractivity contribution in [3.63, 3.8) is 0 Å². The third-order valence-corrected chi connectivity index (χ3v) is 15.1. The Kier molecular flexibility index (Phi) is 6.71. The summed E-state index contributed by atoms with van der Waals surface area (Å²) < 4.78 is 4.95. The normalized spacial score (nSPS) is 42.2. The Bertz CT molecular complexity index is 1490. The molecule has 7 rings (SSSR count). The van der Waals surface area contributed by atoms with Crippen molar-refractivity contribution in [1.82, 2.24) is 20.6 Å². The van der Waals surface area contributed by atoms with Crippen LogP contribution in [0.3, 0.4) is 0 Å². The maximum absolute atomic E-state index is 12.1. The number of allylic oxidation sites excluding steroid dienone is 3. The van der Waals surface area contributed by atoms with E-state index in [1.807, 2.05) is 12.1 Å².